The smallest absolute Gasteiger partial charge is 0.122 e. The molecule has 0 aromatic rings. The second-order valence-corrected chi connectivity index (χ2v) is 3.60. The van der Waals surface area contributed by atoms with Crippen LogP contribution in [0, 0.1) is 0 Å². The van der Waals surface area contributed by atoms with Crippen LogP contribution in [0.3, 0.4) is 0 Å². The van der Waals surface area contributed by atoms with Crippen LogP contribution in [0.4, 0.5) is 0 Å². The van der Waals surface area contributed by atoms with Gasteiger partial charge in [0, 0.05) is 0 Å². The number of ether oxygens (including phenoxy) is 1. The lowest BCUT2D eigenvalue weighted by Gasteiger charge is -2.09. The molecule has 1 aliphatic rings. The molecule has 0 heterocycles. The average Bonchev–Trinajstić information content (AvgIpc) is 2.30. The van der Waals surface area contributed by atoms with Crippen molar-refractivity contribution in [2.45, 2.75) is 27.2 Å². The Kier molecular flexibility index (Phi) is 3.75. The summed E-state index contributed by atoms with van der Waals surface area (Å²) in [6.45, 7) is 10.6. The molecule has 0 unspecified atom stereocenters. The normalized spacial score (nSPS) is 17.1. The van der Waals surface area contributed by atoms with Gasteiger partial charge in [0.05, 0.1) is 0 Å². The Labute approximate surface area is 86.5 Å². The summed E-state index contributed by atoms with van der Waals surface area (Å²) >= 11 is 0. The zero-order chi connectivity index (χ0) is 10.6. The molecule has 1 nitrogen and oxygen atoms in total. The summed E-state index contributed by atoms with van der Waals surface area (Å²) in [5.41, 5.74) is 3.99. The van der Waals surface area contributed by atoms with E-state index in [-0.39, 0.29) is 0 Å². The second kappa shape index (κ2) is 4.85. The lowest BCUT2D eigenvalue weighted by atomic mass is 10.0. The van der Waals surface area contributed by atoms with E-state index in [2.05, 4.69) is 39.5 Å². The Balaban J connectivity index is 2.95. The Hall–Kier alpha value is -1.24. The third-order valence-corrected chi connectivity index (χ3v) is 2.62. The van der Waals surface area contributed by atoms with Gasteiger partial charge in [0.25, 0.3) is 0 Å². The molecule has 1 rings (SSSR count). The largest absolute Gasteiger partial charge is 0.489 e. The molecule has 0 fully saturated rings. The molecular formula is C13H18O. The Morgan fingerprint density at radius 3 is 2.71 bits per heavy atom. The predicted molar refractivity (Wildman–Crippen MR) is 61.0 cm³/mol. The molecule has 1 aliphatic carbocycles. The van der Waals surface area contributed by atoms with E-state index in [0.717, 1.165) is 12.2 Å². The summed E-state index contributed by atoms with van der Waals surface area (Å²) in [5.74, 6) is 0.972. The molecule has 14 heavy (non-hydrogen) atoms. The maximum absolute atomic E-state index is 5.58. The van der Waals surface area contributed by atoms with Gasteiger partial charge < -0.3 is 4.74 Å². The summed E-state index contributed by atoms with van der Waals surface area (Å²) < 4.78 is 5.58. The zero-order valence-electron chi connectivity index (χ0n) is 9.26. The molecule has 76 valence electrons. The average molecular weight is 190 g/mol. The first-order valence-corrected chi connectivity index (χ1v) is 4.94. The molecule has 0 saturated heterocycles. The highest BCUT2D eigenvalue weighted by Gasteiger charge is 2.08. The van der Waals surface area contributed by atoms with Crippen molar-refractivity contribution in [1.29, 1.82) is 0 Å². The lowest BCUT2D eigenvalue weighted by molar-refractivity contribution is 0.258. The van der Waals surface area contributed by atoms with Crippen molar-refractivity contribution in [2.75, 3.05) is 6.61 Å². The first-order chi connectivity index (χ1) is 6.66. The standard InChI is InChI=1S/C13H18O/c1-5-9-14-13-8-6-7-10(2)11(3)12(13)4/h5-6,8H,1,7,9H2,2-4H3. The fourth-order valence-electron chi connectivity index (χ4n) is 1.43. The van der Waals surface area contributed by atoms with E-state index >= 15 is 0 Å². The number of hydrogen-bond acceptors (Lipinski definition) is 1. The molecule has 0 aromatic carbocycles. The molecule has 0 saturated carbocycles. The second-order valence-electron chi connectivity index (χ2n) is 3.60. The fraction of sp³-hybridized carbons (Fsp3) is 0.385. The van der Waals surface area contributed by atoms with E-state index in [0.29, 0.717) is 6.61 Å². The molecule has 0 N–H and O–H groups in total. The van der Waals surface area contributed by atoms with Crippen molar-refractivity contribution in [3.05, 3.63) is 47.3 Å². The van der Waals surface area contributed by atoms with Crippen LogP contribution in [-0.2, 0) is 4.74 Å². The third kappa shape index (κ3) is 2.38. The van der Waals surface area contributed by atoms with Crippen LogP contribution >= 0.6 is 0 Å². The topological polar surface area (TPSA) is 9.23 Å². The monoisotopic (exact) mass is 190 g/mol. The van der Waals surface area contributed by atoms with Crippen molar-refractivity contribution < 1.29 is 4.74 Å². The summed E-state index contributed by atoms with van der Waals surface area (Å²) in [6.07, 6.45) is 6.99. The van der Waals surface area contributed by atoms with Crippen molar-refractivity contribution in [3.63, 3.8) is 0 Å². The lowest BCUT2D eigenvalue weighted by Crippen LogP contribution is -1.94. The minimum Gasteiger partial charge on any atom is -0.489 e. The van der Waals surface area contributed by atoms with Crippen LogP contribution < -0.4 is 0 Å². The van der Waals surface area contributed by atoms with Crippen LogP contribution in [0.5, 0.6) is 0 Å². The maximum Gasteiger partial charge on any atom is 0.122 e. The van der Waals surface area contributed by atoms with E-state index in [1.807, 2.05) is 0 Å². The first kappa shape index (κ1) is 10.8. The van der Waals surface area contributed by atoms with E-state index in [4.69, 9.17) is 4.74 Å². The van der Waals surface area contributed by atoms with Crippen LogP contribution in [0.25, 0.3) is 0 Å². The first-order valence-electron chi connectivity index (χ1n) is 4.94. The van der Waals surface area contributed by atoms with E-state index < -0.39 is 0 Å². The molecule has 0 spiro atoms. The minimum atomic E-state index is 0.573. The van der Waals surface area contributed by atoms with Crippen LogP contribution in [0.2, 0.25) is 0 Å². The Morgan fingerprint density at radius 1 is 1.36 bits per heavy atom. The van der Waals surface area contributed by atoms with Gasteiger partial charge in [0.2, 0.25) is 0 Å². The molecule has 0 radical (unpaired) electrons. The number of rotatable bonds is 3. The molecule has 1 heteroatoms. The summed E-state index contributed by atoms with van der Waals surface area (Å²) in [6, 6.07) is 0. The zero-order valence-corrected chi connectivity index (χ0v) is 9.26. The third-order valence-electron chi connectivity index (χ3n) is 2.62. The van der Waals surface area contributed by atoms with Crippen LogP contribution in [0.15, 0.2) is 47.3 Å². The van der Waals surface area contributed by atoms with Gasteiger partial charge in [0.15, 0.2) is 0 Å². The van der Waals surface area contributed by atoms with Gasteiger partial charge in [0.1, 0.15) is 12.4 Å². The highest BCUT2D eigenvalue weighted by molar-refractivity contribution is 5.40. The van der Waals surface area contributed by atoms with Crippen molar-refractivity contribution >= 4 is 0 Å². The molecule has 0 bridgehead atoms. The maximum atomic E-state index is 5.58. The fourth-order valence-corrected chi connectivity index (χ4v) is 1.43. The van der Waals surface area contributed by atoms with Crippen molar-refractivity contribution in [3.8, 4) is 0 Å². The van der Waals surface area contributed by atoms with Gasteiger partial charge in [-0.05, 0) is 44.4 Å². The predicted octanol–water partition coefficient (Wildman–Crippen LogP) is 3.76. The van der Waals surface area contributed by atoms with Crippen molar-refractivity contribution in [1.82, 2.24) is 0 Å². The molecule has 0 aromatic heterocycles. The van der Waals surface area contributed by atoms with Gasteiger partial charge in [-0.2, -0.15) is 0 Å². The molecular weight excluding hydrogens is 172 g/mol. The van der Waals surface area contributed by atoms with Crippen LogP contribution in [0.1, 0.15) is 27.2 Å². The quantitative estimate of drug-likeness (QED) is 0.616. The molecule has 0 amide bonds. The van der Waals surface area contributed by atoms with Gasteiger partial charge >= 0.3 is 0 Å². The highest BCUT2D eigenvalue weighted by atomic mass is 16.5. The summed E-state index contributed by atoms with van der Waals surface area (Å²) in [5, 5.41) is 0. The van der Waals surface area contributed by atoms with Gasteiger partial charge in [-0.1, -0.05) is 24.3 Å². The van der Waals surface area contributed by atoms with E-state index in [1.165, 1.54) is 16.7 Å². The summed E-state index contributed by atoms with van der Waals surface area (Å²) in [4.78, 5) is 0. The SMILES string of the molecule is C=CCOC1=C(C)C(C)=C(C)CC=C1. The molecule has 0 atom stereocenters. The number of hydrogen-bond donors (Lipinski definition) is 0. The minimum absolute atomic E-state index is 0.573. The highest BCUT2D eigenvalue weighted by Crippen LogP contribution is 2.24. The Bertz CT molecular complexity index is 316. The molecule has 0 aliphatic heterocycles. The van der Waals surface area contributed by atoms with Gasteiger partial charge in [-0.15, -0.1) is 0 Å². The number of allylic oxidation sites excluding steroid dienone is 5. The van der Waals surface area contributed by atoms with E-state index in [1.54, 1.807) is 6.08 Å². The van der Waals surface area contributed by atoms with Crippen molar-refractivity contribution in [2.24, 2.45) is 0 Å². The van der Waals surface area contributed by atoms with Gasteiger partial charge in [-0.3, -0.25) is 0 Å². The van der Waals surface area contributed by atoms with Crippen LogP contribution in [-0.4, -0.2) is 6.61 Å². The van der Waals surface area contributed by atoms with Gasteiger partial charge in [-0.25, -0.2) is 0 Å². The Morgan fingerprint density at radius 2 is 2.07 bits per heavy atom. The summed E-state index contributed by atoms with van der Waals surface area (Å²) in [7, 11) is 0. The van der Waals surface area contributed by atoms with E-state index in [9.17, 15) is 0 Å².